The van der Waals surface area contributed by atoms with Crippen LogP contribution in [0.4, 0.5) is 0 Å². The van der Waals surface area contributed by atoms with E-state index >= 15 is 0 Å². The van der Waals surface area contributed by atoms with Crippen LogP contribution in [0.3, 0.4) is 0 Å². The highest BCUT2D eigenvalue weighted by Crippen LogP contribution is 2.40. The van der Waals surface area contributed by atoms with E-state index in [4.69, 9.17) is 5.11 Å². The molecule has 0 spiro atoms. The van der Waals surface area contributed by atoms with Crippen LogP contribution in [0, 0.1) is 20.8 Å². The molecule has 0 aliphatic rings. The topological polar surface area (TPSA) is 40.5 Å². The van der Waals surface area contributed by atoms with Gasteiger partial charge in [0.05, 0.1) is 0 Å². The molecule has 0 amide bonds. The zero-order chi connectivity index (χ0) is 17.5. The zero-order valence-electron chi connectivity index (χ0n) is 15.2. The first-order valence-electron chi connectivity index (χ1n) is 9.01. The van der Waals surface area contributed by atoms with Crippen molar-refractivity contribution in [2.24, 2.45) is 0 Å². The molecule has 2 rings (SSSR count). The Labute approximate surface area is 146 Å². The second-order valence-electron chi connectivity index (χ2n) is 6.79. The van der Waals surface area contributed by atoms with E-state index in [0.29, 0.717) is 5.75 Å². The number of aliphatic hydroxyl groups is 1. The van der Waals surface area contributed by atoms with E-state index in [1.807, 2.05) is 13.0 Å². The molecule has 130 valence electrons. The first-order chi connectivity index (χ1) is 11.6. The molecule has 2 aromatic carbocycles. The van der Waals surface area contributed by atoms with E-state index in [9.17, 15) is 5.11 Å². The van der Waals surface area contributed by atoms with Crippen molar-refractivity contribution >= 4 is 0 Å². The van der Waals surface area contributed by atoms with Gasteiger partial charge in [-0.05, 0) is 55.9 Å². The summed E-state index contributed by atoms with van der Waals surface area (Å²) in [7, 11) is 0. The van der Waals surface area contributed by atoms with E-state index in [-0.39, 0.29) is 12.5 Å². The highest BCUT2D eigenvalue weighted by atomic mass is 16.3. The largest absolute Gasteiger partial charge is 0.507 e. The van der Waals surface area contributed by atoms with Crippen LogP contribution >= 0.6 is 0 Å². The van der Waals surface area contributed by atoms with Gasteiger partial charge in [0.15, 0.2) is 0 Å². The van der Waals surface area contributed by atoms with E-state index in [0.717, 1.165) is 48.8 Å². The van der Waals surface area contributed by atoms with Crippen molar-refractivity contribution in [3.8, 4) is 5.75 Å². The monoisotopic (exact) mass is 326 g/mol. The van der Waals surface area contributed by atoms with Crippen LogP contribution in [0.15, 0.2) is 36.4 Å². The maximum atomic E-state index is 10.8. The Hall–Kier alpha value is -1.80. The minimum Gasteiger partial charge on any atom is -0.507 e. The van der Waals surface area contributed by atoms with Crippen LogP contribution in [0.1, 0.15) is 65.8 Å². The van der Waals surface area contributed by atoms with Crippen molar-refractivity contribution in [1.82, 2.24) is 0 Å². The number of aliphatic hydroxyl groups excluding tert-OH is 1. The first kappa shape index (κ1) is 18.5. The number of hydrogen-bond acceptors (Lipinski definition) is 2. The van der Waals surface area contributed by atoms with Gasteiger partial charge in [0, 0.05) is 18.1 Å². The quantitative estimate of drug-likeness (QED) is 0.638. The van der Waals surface area contributed by atoms with Crippen molar-refractivity contribution in [3.63, 3.8) is 0 Å². The lowest BCUT2D eigenvalue weighted by molar-refractivity contribution is 0.282. The van der Waals surface area contributed by atoms with Crippen LogP contribution in [0.25, 0.3) is 0 Å². The molecule has 1 atom stereocenters. The fourth-order valence-corrected chi connectivity index (χ4v) is 3.50. The van der Waals surface area contributed by atoms with E-state index in [1.165, 1.54) is 11.1 Å². The fourth-order valence-electron chi connectivity index (χ4n) is 3.50. The van der Waals surface area contributed by atoms with Crippen molar-refractivity contribution in [1.29, 1.82) is 0 Å². The van der Waals surface area contributed by atoms with E-state index in [1.54, 1.807) is 0 Å². The molecule has 0 heterocycles. The Bertz CT molecular complexity index is 647. The molecule has 1 unspecified atom stereocenters. The number of hydrogen-bond donors (Lipinski definition) is 2. The maximum absolute atomic E-state index is 10.8. The van der Waals surface area contributed by atoms with Crippen molar-refractivity contribution < 1.29 is 10.2 Å². The molecule has 0 aliphatic carbocycles. The molecule has 0 saturated carbocycles. The third kappa shape index (κ3) is 4.39. The lowest BCUT2D eigenvalue weighted by Crippen LogP contribution is -2.06. The molecule has 24 heavy (non-hydrogen) atoms. The van der Waals surface area contributed by atoms with Crippen molar-refractivity contribution in [3.05, 3.63) is 64.2 Å². The van der Waals surface area contributed by atoms with Gasteiger partial charge in [-0.25, -0.2) is 0 Å². The Morgan fingerprint density at radius 1 is 0.875 bits per heavy atom. The number of aryl methyl sites for hydroxylation is 2. The summed E-state index contributed by atoms with van der Waals surface area (Å²) in [5.74, 6) is 0.677. The summed E-state index contributed by atoms with van der Waals surface area (Å²) in [6, 6.07) is 12.7. The Kier molecular flexibility index (Phi) is 6.86. The standard InChI is InChI=1S/C22H30O2/c1-16-15-17(2)21(22(24)18(16)3)20(13-9-4-5-10-14-23)19-11-7-6-8-12-19/h6-8,11-12,15,20,23-24H,4-5,9-10,13-14H2,1-3H3. The van der Waals surface area contributed by atoms with Crippen LogP contribution in [-0.2, 0) is 0 Å². The third-order valence-electron chi connectivity index (χ3n) is 5.01. The average Bonchev–Trinajstić information content (AvgIpc) is 2.59. The van der Waals surface area contributed by atoms with Gasteiger partial charge in [-0.15, -0.1) is 0 Å². The molecule has 0 bridgehead atoms. The predicted octanol–water partition coefficient (Wildman–Crippen LogP) is 5.39. The third-order valence-corrected chi connectivity index (χ3v) is 5.01. The molecular formula is C22H30O2. The van der Waals surface area contributed by atoms with Crippen LogP contribution in [0.5, 0.6) is 5.75 Å². The summed E-state index contributed by atoms with van der Waals surface area (Å²) in [5.41, 5.74) is 5.63. The SMILES string of the molecule is Cc1cc(C)c(C(CCCCCCO)c2ccccc2)c(O)c1C. The van der Waals surface area contributed by atoms with Gasteiger partial charge in [-0.1, -0.05) is 55.7 Å². The normalized spacial score (nSPS) is 12.3. The molecular weight excluding hydrogens is 296 g/mol. The smallest absolute Gasteiger partial charge is 0.122 e. The zero-order valence-corrected chi connectivity index (χ0v) is 15.2. The Morgan fingerprint density at radius 2 is 1.54 bits per heavy atom. The lowest BCUT2D eigenvalue weighted by Gasteiger charge is -2.23. The summed E-state index contributed by atoms with van der Waals surface area (Å²) in [5, 5.41) is 19.7. The molecule has 0 aliphatic heterocycles. The van der Waals surface area contributed by atoms with Gasteiger partial charge in [-0.2, -0.15) is 0 Å². The Balaban J connectivity index is 2.31. The van der Waals surface area contributed by atoms with Gasteiger partial charge in [0.25, 0.3) is 0 Å². The van der Waals surface area contributed by atoms with Gasteiger partial charge < -0.3 is 10.2 Å². The molecule has 0 saturated heterocycles. The molecule has 2 N–H and O–H groups in total. The van der Waals surface area contributed by atoms with E-state index < -0.39 is 0 Å². The van der Waals surface area contributed by atoms with Crippen molar-refractivity contribution in [2.75, 3.05) is 6.61 Å². The molecule has 2 nitrogen and oxygen atoms in total. The highest BCUT2D eigenvalue weighted by molar-refractivity contribution is 5.53. The second-order valence-corrected chi connectivity index (χ2v) is 6.79. The van der Waals surface area contributed by atoms with Crippen LogP contribution in [0.2, 0.25) is 0 Å². The Morgan fingerprint density at radius 3 is 2.21 bits per heavy atom. The van der Waals surface area contributed by atoms with Crippen LogP contribution in [-0.4, -0.2) is 16.8 Å². The number of phenolic OH excluding ortho intramolecular Hbond substituents is 1. The lowest BCUT2D eigenvalue weighted by atomic mass is 9.82. The number of aromatic hydroxyl groups is 1. The van der Waals surface area contributed by atoms with Crippen LogP contribution < -0.4 is 0 Å². The number of unbranched alkanes of at least 4 members (excludes halogenated alkanes) is 3. The van der Waals surface area contributed by atoms with Gasteiger partial charge >= 0.3 is 0 Å². The number of phenols is 1. The highest BCUT2D eigenvalue weighted by Gasteiger charge is 2.21. The fraction of sp³-hybridized carbons (Fsp3) is 0.455. The number of rotatable bonds is 8. The van der Waals surface area contributed by atoms with Gasteiger partial charge in [0.2, 0.25) is 0 Å². The molecule has 2 heteroatoms. The molecule has 0 fully saturated rings. The average molecular weight is 326 g/mol. The molecule has 0 radical (unpaired) electrons. The minimum atomic E-state index is 0.222. The summed E-state index contributed by atoms with van der Waals surface area (Å²) < 4.78 is 0. The maximum Gasteiger partial charge on any atom is 0.122 e. The second kappa shape index (κ2) is 8.89. The van der Waals surface area contributed by atoms with E-state index in [2.05, 4.69) is 44.2 Å². The van der Waals surface area contributed by atoms with Gasteiger partial charge in [-0.3, -0.25) is 0 Å². The molecule has 2 aromatic rings. The first-order valence-corrected chi connectivity index (χ1v) is 9.01. The summed E-state index contributed by atoms with van der Waals surface area (Å²) in [4.78, 5) is 0. The van der Waals surface area contributed by atoms with Crippen molar-refractivity contribution in [2.45, 2.75) is 58.8 Å². The summed E-state index contributed by atoms with van der Waals surface area (Å²) >= 11 is 0. The minimum absolute atomic E-state index is 0.222. The number of benzene rings is 2. The summed E-state index contributed by atoms with van der Waals surface area (Å²) in [6.07, 6.45) is 5.19. The molecule has 0 aromatic heterocycles. The van der Waals surface area contributed by atoms with Gasteiger partial charge in [0.1, 0.15) is 5.75 Å². The predicted molar refractivity (Wildman–Crippen MR) is 101 cm³/mol. The summed E-state index contributed by atoms with van der Waals surface area (Å²) in [6.45, 7) is 6.43.